The molecule has 0 aliphatic rings. The van der Waals surface area contributed by atoms with Gasteiger partial charge in [0.05, 0.1) is 11.6 Å². The minimum atomic E-state index is -1.15. The van der Waals surface area contributed by atoms with Crippen LogP contribution in [0.5, 0.6) is 0 Å². The SMILES string of the molecule is Cc1csc([C@@H](C#N)C(=O)COC(=O)c2cc(F)cc(F)c2)n1. The summed E-state index contributed by atoms with van der Waals surface area (Å²) in [4.78, 5) is 27.7. The number of aromatic nitrogens is 1. The van der Waals surface area contributed by atoms with E-state index in [2.05, 4.69) is 4.98 Å². The van der Waals surface area contributed by atoms with Crippen LogP contribution in [0.15, 0.2) is 23.6 Å². The first-order valence-electron chi connectivity index (χ1n) is 6.38. The zero-order valence-electron chi connectivity index (χ0n) is 11.9. The Morgan fingerprint density at radius 2 is 2.00 bits per heavy atom. The highest BCUT2D eigenvalue weighted by Crippen LogP contribution is 2.21. The van der Waals surface area contributed by atoms with Gasteiger partial charge in [0, 0.05) is 17.1 Å². The summed E-state index contributed by atoms with van der Waals surface area (Å²) in [5, 5.41) is 11.1. The number of aryl methyl sites for hydroxylation is 1. The number of hydrogen-bond acceptors (Lipinski definition) is 6. The molecule has 8 heteroatoms. The van der Waals surface area contributed by atoms with Gasteiger partial charge in [0.15, 0.2) is 18.3 Å². The van der Waals surface area contributed by atoms with Gasteiger partial charge in [-0.3, -0.25) is 4.79 Å². The average molecular weight is 336 g/mol. The van der Waals surface area contributed by atoms with Gasteiger partial charge in [0.1, 0.15) is 16.6 Å². The number of ether oxygens (including phenoxy) is 1. The minimum absolute atomic E-state index is 0.308. The molecule has 0 amide bonds. The van der Waals surface area contributed by atoms with Crippen molar-refractivity contribution < 1.29 is 23.1 Å². The van der Waals surface area contributed by atoms with Gasteiger partial charge in [0.25, 0.3) is 0 Å². The fourth-order valence-corrected chi connectivity index (χ4v) is 2.61. The van der Waals surface area contributed by atoms with Crippen LogP contribution in [-0.2, 0) is 9.53 Å². The number of rotatable bonds is 5. The number of hydrogen-bond donors (Lipinski definition) is 0. The van der Waals surface area contributed by atoms with Crippen molar-refractivity contribution in [3.8, 4) is 6.07 Å². The molecule has 0 aliphatic heterocycles. The first-order chi connectivity index (χ1) is 10.9. The first kappa shape index (κ1) is 16.7. The lowest BCUT2D eigenvalue weighted by molar-refractivity contribution is -0.122. The summed E-state index contributed by atoms with van der Waals surface area (Å²) in [5.41, 5.74) is 0.319. The second kappa shape index (κ2) is 7.07. The average Bonchev–Trinajstić information content (AvgIpc) is 2.90. The van der Waals surface area contributed by atoms with Crippen molar-refractivity contribution in [3.63, 3.8) is 0 Å². The number of ketones is 1. The van der Waals surface area contributed by atoms with E-state index >= 15 is 0 Å². The quantitative estimate of drug-likeness (QED) is 0.784. The molecular weight excluding hydrogens is 326 g/mol. The summed E-state index contributed by atoms with van der Waals surface area (Å²) >= 11 is 1.15. The van der Waals surface area contributed by atoms with E-state index in [9.17, 15) is 18.4 Å². The third-order valence-electron chi connectivity index (χ3n) is 2.78. The predicted molar refractivity (Wildman–Crippen MR) is 76.9 cm³/mol. The number of carbonyl (C=O) groups is 2. The standard InChI is InChI=1S/C15H10F2N2O3S/c1-8-7-23-14(19-8)12(5-18)13(20)6-22-15(21)9-2-10(16)4-11(17)3-9/h2-4,7,12H,6H2,1H3/t12-/m0/s1. The van der Waals surface area contributed by atoms with E-state index < -0.39 is 35.9 Å². The number of thiazole rings is 1. The van der Waals surface area contributed by atoms with Crippen LogP contribution in [0.3, 0.4) is 0 Å². The molecule has 118 valence electrons. The number of esters is 1. The van der Waals surface area contributed by atoms with Gasteiger partial charge < -0.3 is 4.74 Å². The van der Waals surface area contributed by atoms with Gasteiger partial charge in [-0.1, -0.05) is 0 Å². The van der Waals surface area contributed by atoms with Crippen LogP contribution in [0, 0.1) is 29.9 Å². The van der Waals surface area contributed by atoms with E-state index in [0.717, 1.165) is 23.5 Å². The van der Waals surface area contributed by atoms with E-state index in [1.807, 2.05) is 0 Å². The zero-order chi connectivity index (χ0) is 17.0. The summed E-state index contributed by atoms with van der Waals surface area (Å²) in [6.45, 7) is 1.03. The largest absolute Gasteiger partial charge is 0.454 e. The summed E-state index contributed by atoms with van der Waals surface area (Å²) in [6.07, 6.45) is 0. The fraction of sp³-hybridized carbons (Fsp3) is 0.200. The van der Waals surface area contributed by atoms with Crippen molar-refractivity contribution >= 4 is 23.1 Å². The molecule has 0 fully saturated rings. The monoisotopic (exact) mass is 336 g/mol. The van der Waals surface area contributed by atoms with Crippen molar-refractivity contribution in [1.82, 2.24) is 4.98 Å². The molecule has 5 nitrogen and oxygen atoms in total. The third-order valence-corrected chi connectivity index (χ3v) is 3.81. The Morgan fingerprint density at radius 3 is 2.52 bits per heavy atom. The molecule has 0 saturated carbocycles. The smallest absolute Gasteiger partial charge is 0.338 e. The molecule has 2 rings (SSSR count). The molecule has 2 aromatic rings. The molecule has 0 N–H and O–H groups in total. The predicted octanol–water partition coefficient (Wildman–Crippen LogP) is 2.76. The Morgan fingerprint density at radius 1 is 1.35 bits per heavy atom. The van der Waals surface area contributed by atoms with Crippen molar-refractivity contribution in [2.75, 3.05) is 6.61 Å². The molecule has 0 saturated heterocycles. The Hall–Kier alpha value is -2.66. The fourth-order valence-electron chi connectivity index (χ4n) is 1.74. The van der Waals surface area contributed by atoms with Crippen LogP contribution >= 0.6 is 11.3 Å². The van der Waals surface area contributed by atoms with Crippen LogP contribution in [0.2, 0.25) is 0 Å². The lowest BCUT2D eigenvalue weighted by atomic mass is 10.1. The molecule has 23 heavy (non-hydrogen) atoms. The van der Waals surface area contributed by atoms with Crippen molar-refractivity contribution in [1.29, 1.82) is 5.26 Å². The van der Waals surface area contributed by atoms with Gasteiger partial charge >= 0.3 is 5.97 Å². The first-order valence-corrected chi connectivity index (χ1v) is 7.26. The van der Waals surface area contributed by atoms with Crippen molar-refractivity contribution in [2.24, 2.45) is 0 Å². The Bertz CT molecular complexity index is 778. The summed E-state index contributed by atoms with van der Waals surface area (Å²) in [6, 6.07) is 4.00. The number of Topliss-reactive ketones (excluding diaryl/α,β-unsaturated/α-hetero) is 1. The maximum atomic E-state index is 13.0. The molecule has 0 bridgehead atoms. The zero-order valence-corrected chi connectivity index (χ0v) is 12.7. The normalized spacial score (nSPS) is 11.6. The number of carbonyl (C=O) groups excluding carboxylic acids is 2. The van der Waals surface area contributed by atoms with Gasteiger partial charge in [-0.2, -0.15) is 5.26 Å². The second-order valence-electron chi connectivity index (χ2n) is 4.59. The molecule has 1 aromatic heterocycles. The second-order valence-corrected chi connectivity index (χ2v) is 5.48. The highest BCUT2D eigenvalue weighted by atomic mass is 32.1. The highest BCUT2D eigenvalue weighted by Gasteiger charge is 2.24. The lowest BCUT2D eigenvalue weighted by Crippen LogP contribution is -2.20. The maximum Gasteiger partial charge on any atom is 0.338 e. The molecule has 1 atom stereocenters. The molecule has 1 heterocycles. The van der Waals surface area contributed by atoms with Crippen LogP contribution in [0.4, 0.5) is 8.78 Å². The summed E-state index contributed by atoms with van der Waals surface area (Å²) in [7, 11) is 0. The van der Waals surface area contributed by atoms with E-state index in [4.69, 9.17) is 10.00 Å². The third kappa shape index (κ3) is 4.17. The summed E-state index contributed by atoms with van der Waals surface area (Å²) in [5.74, 6) is -4.73. The minimum Gasteiger partial charge on any atom is -0.454 e. The van der Waals surface area contributed by atoms with Gasteiger partial charge in [-0.05, 0) is 19.1 Å². The van der Waals surface area contributed by atoms with Crippen LogP contribution in [0.1, 0.15) is 27.0 Å². The summed E-state index contributed by atoms with van der Waals surface area (Å²) < 4.78 is 30.8. The van der Waals surface area contributed by atoms with Crippen molar-refractivity contribution in [3.05, 3.63) is 51.5 Å². The molecule has 0 spiro atoms. The van der Waals surface area contributed by atoms with Crippen LogP contribution in [-0.4, -0.2) is 23.3 Å². The van der Waals surface area contributed by atoms with Crippen molar-refractivity contribution in [2.45, 2.75) is 12.8 Å². The lowest BCUT2D eigenvalue weighted by Gasteiger charge is -2.07. The Kier molecular flexibility index (Phi) is 5.13. The van der Waals surface area contributed by atoms with Gasteiger partial charge in [-0.15, -0.1) is 11.3 Å². The van der Waals surface area contributed by atoms with Crippen LogP contribution in [0.25, 0.3) is 0 Å². The van der Waals surface area contributed by atoms with Crippen LogP contribution < -0.4 is 0 Å². The van der Waals surface area contributed by atoms with E-state index in [1.54, 1.807) is 18.4 Å². The number of nitrogens with zero attached hydrogens (tertiary/aromatic N) is 2. The number of nitriles is 1. The van der Waals surface area contributed by atoms with E-state index in [-0.39, 0.29) is 5.56 Å². The number of halogens is 2. The number of benzene rings is 1. The topological polar surface area (TPSA) is 80.0 Å². The highest BCUT2D eigenvalue weighted by molar-refractivity contribution is 7.09. The van der Waals surface area contributed by atoms with E-state index in [0.29, 0.717) is 16.8 Å². The molecular formula is C15H10F2N2O3S. The molecule has 0 aliphatic carbocycles. The van der Waals surface area contributed by atoms with E-state index in [1.165, 1.54) is 0 Å². The Balaban J connectivity index is 2.03. The Labute approximate surface area is 134 Å². The molecule has 0 radical (unpaired) electrons. The molecule has 1 aromatic carbocycles. The molecule has 0 unspecified atom stereocenters. The van der Waals surface area contributed by atoms with Gasteiger partial charge in [0.2, 0.25) is 0 Å². The van der Waals surface area contributed by atoms with Gasteiger partial charge in [-0.25, -0.2) is 18.6 Å². The maximum absolute atomic E-state index is 13.0.